The maximum atomic E-state index is 12.7. The molecule has 7 heteroatoms. The summed E-state index contributed by atoms with van der Waals surface area (Å²) in [4.78, 5) is 28.3. The van der Waals surface area contributed by atoms with Gasteiger partial charge in [0, 0.05) is 48.8 Å². The van der Waals surface area contributed by atoms with Gasteiger partial charge in [0.2, 0.25) is 5.91 Å². The number of rotatable bonds is 6. The van der Waals surface area contributed by atoms with Crippen LogP contribution in [-0.4, -0.2) is 48.3 Å². The summed E-state index contributed by atoms with van der Waals surface area (Å²) in [5.41, 5.74) is 2.02. The molecule has 0 bridgehead atoms. The van der Waals surface area contributed by atoms with E-state index in [0.717, 1.165) is 29.3 Å². The quantitative estimate of drug-likeness (QED) is 0.625. The van der Waals surface area contributed by atoms with Crippen LogP contribution in [0.3, 0.4) is 0 Å². The van der Waals surface area contributed by atoms with Crippen molar-refractivity contribution in [2.24, 2.45) is 0 Å². The zero-order valence-corrected chi connectivity index (χ0v) is 15.9. The zero-order chi connectivity index (χ0) is 19.2. The highest BCUT2D eigenvalue weighted by molar-refractivity contribution is 5.89. The molecule has 7 nitrogen and oxygen atoms in total. The molecule has 3 amide bonds. The van der Waals surface area contributed by atoms with E-state index < -0.39 is 6.04 Å². The van der Waals surface area contributed by atoms with E-state index in [4.69, 9.17) is 4.74 Å². The van der Waals surface area contributed by atoms with Crippen molar-refractivity contribution < 1.29 is 14.3 Å². The largest absolute Gasteiger partial charge is 0.381 e. The van der Waals surface area contributed by atoms with Crippen LogP contribution in [0, 0.1) is 0 Å². The standard InChI is InChI=1S/C20H28N4O3/c1-13(2)22-19(25)18(24-20(26)23-15-7-9-27-10-8-15)11-14-12-21-17-6-4-3-5-16(14)17/h3-6,12-13,15,18,21H,7-11H2,1-2H3,(H,22,25)(H2,23,24,26). The number of hydrogen-bond acceptors (Lipinski definition) is 3. The molecule has 146 valence electrons. The van der Waals surface area contributed by atoms with Crippen molar-refractivity contribution in [1.29, 1.82) is 0 Å². The number of amides is 3. The van der Waals surface area contributed by atoms with Crippen LogP contribution in [-0.2, 0) is 16.0 Å². The Kier molecular flexibility index (Phi) is 6.34. The summed E-state index contributed by atoms with van der Waals surface area (Å²) in [7, 11) is 0. The Labute approximate surface area is 159 Å². The third-order valence-electron chi connectivity index (χ3n) is 4.71. The van der Waals surface area contributed by atoms with Crippen molar-refractivity contribution in [2.75, 3.05) is 13.2 Å². The molecular formula is C20H28N4O3. The van der Waals surface area contributed by atoms with Gasteiger partial charge in [0.05, 0.1) is 0 Å². The smallest absolute Gasteiger partial charge is 0.315 e. The zero-order valence-electron chi connectivity index (χ0n) is 15.9. The lowest BCUT2D eigenvalue weighted by Crippen LogP contribution is -2.54. The van der Waals surface area contributed by atoms with Crippen LogP contribution in [0.5, 0.6) is 0 Å². The molecule has 0 saturated carbocycles. The fraction of sp³-hybridized carbons (Fsp3) is 0.500. The van der Waals surface area contributed by atoms with Crippen molar-refractivity contribution in [3.05, 3.63) is 36.0 Å². The number of hydrogen-bond donors (Lipinski definition) is 4. The van der Waals surface area contributed by atoms with Crippen LogP contribution in [0.25, 0.3) is 10.9 Å². The van der Waals surface area contributed by atoms with Gasteiger partial charge in [0.25, 0.3) is 0 Å². The molecule has 1 aliphatic rings. The van der Waals surface area contributed by atoms with Crippen LogP contribution in [0.15, 0.2) is 30.5 Å². The number of urea groups is 1. The molecule has 1 saturated heterocycles. The summed E-state index contributed by atoms with van der Waals surface area (Å²) >= 11 is 0. The van der Waals surface area contributed by atoms with Crippen LogP contribution in [0.2, 0.25) is 0 Å². The molecule has 0 spiro atoms. The molecule has 0 radical (unpaired) electrons. The van der Waals surface area contributed by atoms with Gasteiger partial charge in [0.1, 0.15) is 6.04 Å². The second kappa shape index (κ2) is 8.90. The third-order valence-corrected chi connectivity index (χ3v) is 4.71. The minimum Gasteiger partial charge on any atom is -0.381 e. The maximum absolute atomic E-state index is 12.7. The molecule has 1 atom stereocenters. The van der Waals surface area contributed by atoms with E-state index >= 15 is 0 Å². The number of nitrogens with one attached hydrogen (secondary N) is 4. The van der Waals surface area contributed by atoms with Crippen LogP contribution in [0.1, 0.15) is 32.3 Å². The first kappa shape index (κ1) is 19.2. The lowest BCUT2D eigenvalue weighted by atomic mass is 10.0. The highest BCUT2D eigenvalue weighted by atomic mass is 16.5. The molecule has 4 N–H and O–H groups in total. The number of carbonyl (C=O) groups is 2. The van der Waals surface area contributed by atoms with Gasteiger partial charge in [-0.1, -0.05) is 18.2 Å². The molecular weight excluding hydrogens is 344 g/mol. The minimum atomic E-state index is -0.647. The third kappa shape index (κ3) is 5.23. The molecule has 1 fully saturated rings. The summed E-state index contributed by atoms with van der Waals surface area (Å²) < 4.78 is 5.32. The Morgan fingerprint density at radius 3 is 2.67 bits per heavy atom. The molecule has 1 aromatic carbocycles. The Morgan fingerprint density at radius 1 is 1.19 bits per heavy atom. The van der Waals surface area contributed by atoms with E-state index in [0.29, 0.717) is 19.6 Å². The SMILES string of the molecule is CC(C)NC(=O)C(Cc1c[nH]c2ccccc12)NC(=O)NC1CCOCC1. The Hall–Kier alpha value is -2.54. The molecule has 2 aromatic rings. The molecule has 27 heavy (non-hydrogen) atoms. The normalized spacial score (nSPS) is 16.3. The molecule has 1 aliphatic heterocycles. The summed E-state index contributed by atoms with van der Waals surface area (Å²) in [5.74, 6) is -0.183. The lowest BCUT2D eigenvalue weighted by molar-refractivity contribution is -0.123. The predicted molar refractivity (Wildman–Crippen MR) is 105 cm³/mol. The van der Waals surface area contributed by atoms with E-state index in [1.54, 1.807) is 0 Å². The first-order valence-electron chi connectivity index (χ1n) is 9.53. The van der Waals surface area contributed by atoms with Crippen LogP contribution < -0.4 is 16.0 Å². The number of H-pyrrole nitrogens is 1. The fourth-order valence-corrected chi connectivity index (χ4v) is 3.34. The van der Waals surface area contributed by atoms with Gasteiger partial charge < -0.3 is 25.7 Å². The Balaban J connectivity index is 1.70. The van der Waals surface area contributed by atoms with Gasteiger partial charge in [-0.2, -0.15) is 0 Å². The highest BCUT2D eigenvalue weighted by Gasteiger charge is 2.24. The Bertz CT molecular complexity index is 780. The van der Waals surface area contributed by atoms with Crippen molar-refractivity contribution >= 4 is 22.8 Å². The van der Waals surface area contributed by atoms with E-state index in [1.807, 2.05) is 44.3 Å². The number of fused-ring (bicyclic) bond motifs is 1. The molecule has 1 unspecified atom stereocenters. The van der Waals surface area contributed by atoms with Gasteiger partial charge in [-0.15, -0.1) is 0 Å². The van der Waals surface area contributed by atoms with E-state index in [1.165, 1.54) is 0 Å². The second-order valence-corrected chi connectivity index (χ2v) is 7.28. The van der Waals surface area contributed by atoms with Gasteiger partial charge >= 0.3 is 6.03 Å². The topological polar surface area (TPSA) is 95.3 Å². The number of aromatic amines is 1. The number of aromatic nitrogens is 1. The highest BCUT2D eigenvalue weighted by Crippen LogP contribution is 2.19. The summed E-state index contributed by atoms with van der Waals surface area (Å²) in [6.45, 7) is 5.11. The monoisotopic (exact) mass is 372 g/mol. The molecule has 1 aromatic heterocycles. The minimum absolute atomic E-state index is 0.00308. The van der Waals surface area contributed by atoms with Crippen LogP contribution in [0.4, 0.5) is 4.79 Å². The van der Waals surface area contributed by atoms with Gasteiger partial charge in [-0.25, -0.2) is 4.79 Å². The summed E-state index contributed by atoms with van der Waals surface area (Å²) in [6, 6.07) is 7.06. The molecule has 2 heterocycles. The van der Waals surface area contributed by atoms with Crippen LogP contribution >= 0.6 is 0 Å². The number of benzene rings is 1. The number of ether oxygens (including phenoxy) is 1. The first-order valence-corrected chi connectivity index (χ1v) is 9.53. The number of para-hydroxylation sites is 1. The van der Waals surface area contributed by atoms with E-state index in [-0.39, 0.29) is 24.0 Å². The molecule has 3 rings (SSSR count). The fourth-order valence-electron chi connectivity index (χ4n) is 3.34. The van der Waals surface area contributed by atoms with Crippen molar-refractivity contribution in [3.8, 4) is 0 Å². The van der Waals surface area contributed by atoms with E-state index in [2.05, 4.69) is 20.9 Å². The average Bonchev–Trinajstić information content (AvgIpc) is 3.04. The van der Waals surface area contributed by atoms with Crippen molar-refractivity contribution in [1.82, 2.24) is 20.9 Å². The van der Waals surface area contributed by atoms with E-state index in [9.17, 15) is 9.59 Å². The molecule has 0 aliphatic carbocycles. The lowest BCUT2D eigenvalue weighted by Gasteiger charge is -2.25. The first-order chi connectivity index (χ1) is 13.0. The Morgan fingerprint density at radius 2 is 1.93 bits per heavy atom. The maximum Gasteiger partial charge on any atom is 0.315 e. The van der Waals surface area contributed by atoms with Gasteiger partial charge in [-0.05, 0) is 38.3 Å². The average molecular weight is 372 g/mol. The second-order valence-electron chi connectivity index (χ2n) is 7.28. The predicted octanol–water partition coefficient (Wildman–Crippen LogP) is 2.08. The van der Waals surface area contributed by atoms with Gasteiger partial charge in [-0.3, -0.25) is 4.79 Å². The van der Waals surface area contributed by atoms with Crippen molar-refractivity contribution in [3.63, 3.8) is 0 Å². The van der Waals surface area contributed by atoms with Gasteiger partial charge in [0.15, 0.2) is 0 Å². The number of carbonyl (C=O) groups excluding carboxylic acids is 2. The van der Waals surface area contributed by atoms with Crippen molar-refractivity contribution in [2.45, 2.75) is 51.2 Å². The summed E-state index contributed by atoms with van der Waals surface area (Å²) in [5, 5.41) is 9.77. The summed E-state index contributed by atoms with van der Waals surface area (Å²) in [6.07, 6.45) is 3.90.